The molecule has 27 heavy (non-hydrogen) atoms. The molecule has 2 amide bonds. The second-order valence-corrected chi connectivity index (χ2v) is 8.42. The van der Waals surface area contributed by atoms with Crippen LogP contribution in [0.15, 0.2) is 38.1 Å². The first-order valence-electron chi connectivity index (χ1n) is 7.40. The average molecular weight is 564 g/mol. The molecule has 1 fully saturated rings. The van der Waals surface area contributed by atoms with Gasteiger partial charge in [-0.15, -0.1) is 0 Å². The highest BCUT2D eigenvalue weighted by Crippen LogP contribution is 2.37. The number of phenols is 1. The van der Waals surface area contributed by atoms with Crippen molar-refractivity contribution in [1.29, 1.82) is 0 Å². The van der Waals surface area contributed by atoms with Gasteiger partial charge in [0.1, 0.15) is 11.5 Å². The van der Waals surface area contributed by atoms with Gasteiger partial charge in [-0.2, -0.15) is 0 Å². The van der Waals surface area contributed by atoms with Crippen LogP contribution in [0.25, 0.3) is 6.08 Å². The minimum atomic E-state index is -0.644. The number of nitrogens with zero attached hydrogens (tertiary/aromatic N) is 1. The molecule has 0 saturated carbocycles. The molecule has 1 N–H and O–H groups in total. The number of halogens is 2. The van der Waals surface area contributed by atoms with Crippen molar-refractivity contribution in [3.8, 4) is 5.75 Å². The van der Waals surface area contributed by atoms with E-state index in [1.165, 1.54) is 25.3 Å². The third-order valence-electron chi connectivity index (χ3n) is 3.58. The lowest BCUT2D eigenvalue weighted by atomic mass is 10.2. The summed E-state index contributed by atoms with van der Waals surface area (Å²) < 4.78 is 11.2. The van der Waals surface area contributed by atoms with Gasteiger partial charge in [0.15, 0.2) is 0 Å². The van der Waals surface area contributed by atoms with Crippen LogP contribution in [0.5, 0.6) is 5.75 Å². The van der Waals surface area contributed by atoms with Crippen LogP contribution in [-0.2, 0) is 16.1 Å². The van der Waals surface area contributed by atoms with Crippen molar-refractivity contribution in [1.82, 2.24) is 4.90 Å². The number of carbonyl (C=O) groups is 3. The molecular weight excluding hydrogens is 553 g/mol. The van der Waals surface area contributed by atoms with Crippen LogP contribution >= 0.6 is 50.3 Å². The first-order chi connectivity index (χ1) is 12.8. The summed E-state index contributed by atoms with van der Waals surface area (Å²) in [5.41, 5.74) is 0.422. The standard InChI is InChI=1S/C17H11BrINO6S/c1-25-16(23)12-3-2-10(26-12)7-20-15(22)13(27-17(20)24)5-8-4-9(18)6-11(19)14(8)21/h2-6,21H,7H2,1H3/b13-5-. The molecule has 10 heteroatoms. The number of hydrogen-bond acceptors (Lipinski definition) is 7. The Labute approximate surface area is 180 Å². The Morgan fingerprint density at radius 3 is 2.85 bits per heavy atom. The highest BCUT2D eigenvalue weighted by Gasteiger charge is 2.36. The molecular formula is C17H11BrINO6S. The van der Waals surface area contributed by atoms with Gasteiger partial charge >= 0.3 is 5.97 Å². The number of esters is 1. The summed E-state index contributed by atoms with van der Waals surface area (Å²) in [6.45, 7) is -0.110. The number of methoxy groups -OCH3 is 1. The number of phenolic OH excluding ortho intramolecular Hbond substituents is 1. The van der Waals surface area contributed by atoms with Crippen molar-refractivity contribution in [3.63, 3.8) is 0 Å². The van der Waals surface area contributed by atoms with Crippen LogP contribution in [-0.4, -0.2) is 34.2 Å². The topological polar surface area (TPSA) is 97.0 Å². The zero-order valence-electron chi connectivity index (χ0n) is 13.7. The van der Waals surface area contributed by atoms with Gasteiger partial charge in [0, 0.05) is 10.0 Å². The van der Waals surface area contributed by atoms with Crippen LogP contribution in [0.1, 0.15) is 21.9 Å². The third-order valence-corrected chi connectivity index (χ3v) is 5.77. The summed E-state index contributed by atoms with van der Waals surface area (Å²) in [7, 11) is 1.23. The van der Waals surface area contributed by atoms with Gasteiger partial charge in [0.05, 0.1) is 22.1 Å². The van der Waals surface area contributed by atoms with Gasteiger partial charge in [-0.3, -0.25) is 14.5 Å². The zero-order chi connectivity index (χ0) is 19.7. The predicted octanol–water partition coefficient (Wildman–Crippen LogP) is 4.38. The van der Waals surface area contributed by atoms with E-state index < -0.39 is 17.1 Å². The smallest absolute Gasteiger partial charge is 0.373 e. The number of aromatic hydroxyl groups is 1. The molecule has 1 aromatic carbocycles. The van der Waals surface area contributed by atoms with Gasteiger partial charge in [-0.05, 0) is 64.7 Å². The van der Waals surface area contributed by atoms with E-state index in [-0.39, 0.29) is 28.7 Å². The summed E-state index contributed by atoms with van der Waals surface area (Å²) in [6.07, 6.45) is 1.47. The average Bonchev–Trinajstić information content (AvgIpc) is 3.19. The Balaban J connectivity index is 1.83. The fraction of sp³-hybridized carbons (Fsp3) is 0.118. The lowest BCUT2D eigenvalue weighted by Gasteiger charge is -2.10. The Morgan fingerprint density at radius 2 is 2.15 bits per heavy atom. The van der Waals surface area contributed by atoms with E-state index in [0.717, 1.165) is 21.1 Å². The Morgan fingerprint density at radius 1 is 1.41 bits per heavy atom. The molecule has 0 bridgehead atoms. The van der Waals surface area contributed by atoms with Gasteiger partial charge < -0.3 is 14.3 Å². The molecule has 0 aliphatic carbocycles. The number of ether oxygens (including phenoxy) is 1. The minimum absolute atomic E-state index is 0.0105. The zero-order valence-corrected chi connectivity index (χ0v) is 18.3. The SMILES string of the molecule is COC(=O)c1ccc(CN2C(=O)S/C(=C\c3cc(Br)cc(I)c3O)C2=O)o1. The molecule has 140 valence electrons. The Hall–Kier alpha value is -1.79. The monoisotopic (exact) mass is 563 g/mol. The first kappa shape index (κ1) is 20.0. The van der Waals surface area contributed by atoms with Crippen molar-refractivity contribution < 1.29 is 28.6 Å². The number of furan rings is 1. The second kappa shape index (κ2) is 8.07. The maximum atomic E-state index is 12.6. The summed E-state index contributed by atoms with van der Waals surface area (Å²) in [4.78, 5) is 37.4. The van der Waals surface area contributed by atoms with Crippen LogP contribution in [0.3, 0.4) is 0 Å². The summed E-state index contributed by atoms with van der Waals surface area (Å²) >= 11 is 6.08. The lowest BCUT2D eigenvalue weighted by Crippen LogP contribution is -2.27. The summed E-state index contributed by atoms with van der Waals surface area (Å²) in [5, 5.41) is 9.70. The Kier molecular flexibility index (Phi) is 5.96. The lowest BCUT2D eigenvalue weighted by molar-refractivity contribution is -0.123. The van der Waals surface area contributed by atoms with Gasteiger partial charge in [0.25, 0.3) is 11.1 Å². The number of carbonyl (C=O) groups excluding carboxylic acids is 3. The largest absolute Gasteiger partial charge is 0.506 e. The molecule has 0 unspecified atom stereocenters. The van der Waals surface area contributed by atoms with E-state index in [9.17, 15) is 19.5 Å². The third kappa shape index (κ3) is 4.22. The summed E-state index contributed by atoms with van der Waals surface area (Å²) in [5.74, 6) is -0.854. The molecule has 2 aromatic rings. The predicted molar refractivity (Wildman–Crippen MR) is 110 cm³/mol. The van der Waals surface area contributed by atoms with Crippen LogP contribution in [0.2, 0.25) is 0 Å². The molecule has 0 radical (unpaired) electrons. The number of rotatable bonds is 4. The summed E-state index contributed by atoms with van der Waals surface area (Å²) in [6, 6.07) is 6.30. The maximum absolute atomic E-state index is 12.6. The molecule has 2 heterocycles. The van der Waals surface area contributed by atoms with Crippen molar-refractivity contribution in [2.45, 2.75) is 6.54 Å². The number of hydrogen-bond donors (Lipinski definition) is 1. The van der Waals surface area contributed by atoms with E-state index in [0.29, 0.717) is 9.13 Å². The number of imide groups is 1. The first-order valence-corrected chi connectivity index (χ1v) is 10.1. The fourth-order valence-corrected chi connectivity index (χ4v) is 4.68. The molecule has 1 aromatic heterocycles. The highest BCUT2D eigenvalue weighted by atomic mass is 127. The van der Waals surface area contributed by atoms with Crippen LogP contribution < -0.4 is 0 Å². The van der Waals surface area contributed by atoms with Crippen molar-refractivity contribution in [3.05, 3.63) is 54.3 Å². The molecule has 1 aliphatic heterocycles. The van der Waals surface area contributed by atoms with Crippen molar-refractivity contribution in [2.24, 2.45) is 0 Å². The van der Waals surface area contributed by atoms with E-state index in [4.69, 9.17) is 4.42 Å². The number of benzene rings is 1. The van der Waals surface area contributed by atoms with Gasteiger partial charge in [-0.25, -0.2) is 4.79 Å². The molecule has 1 aliphatic rings. The molecule has 1 saturated heterocycles. The molecule has 7 nitrogen and oxygen atoms in total. The number of amides is 2. The van der Waals surface area contributed by atoms with E-state index in [2.05, 4.69) is 20.7 Å². The van der Waals surface area contributed by atoms with Crippen LogP contribution in [0, 0.1) is 3.57 Å². The maximum Gasteiger partial charge on any atom is 0.373 e. The molecule has 0 atom stereocenters. The molecule has 3 rings (SSSR count). The van der Waals surface area contributed by atoms with E-state index >= 15 is 0 Å². The van der Waals surface area contributed by atoms with Crippen LogP contribution in [0.4, 0.5) is 4.79 Å². The van der Waals surface area contributed by atoms with E-state index in [1.54, 1.807) is 12.1 Å². The van der Waals surface area contributed by atoms with Crippen molar-refractivity contribution >= 4 is 73.5 Å². The Bertz CT molecular complexity index is 986. The quantitative estimate of drug-likeness (QED) is 0.335. The van der Waals surface area contributed by atoms with Crippen molar-refractivity contribution in [2.75, 3.05) is 7.11 Å². The molecule has 0 spiro atoms. The fourth-order valence-electron chi connectivity index (χ4n) is 2.30. The minimum Gasteiger partial charge on any atom is -0.506 e. The van der Waals surface area contributed by atoms with Gasteiger partial charge in [0.2, 0.25) is 5.76 Å². The van der Waals surface area contributed by atoms with E-state index in [1.807, 2.05) is 22.6 Å². The second-order valence-electron chi connectivity index (χ2n) is 5.35. The van der Waals surface area contributed by atoms with Gasteiger partial charge in [-0.1, -0.05) is 15.9 Å². The normalized spacial score (nSPS) is 15.7. The highest BCUT2D eigenvalue weighted by molar-refractivity contribution is 14.1. The number of thioether (sulfide) groups is 1.